The minimum Gasteiger partial charge on any atom is -0.377 e. The molecule has 0 radical (unpaired) electrons. The van der Waals surface area contributed by atoms with E-state index in [9.17, 15) is 13.2 Å². The van der Waals surface area contributed by atoms with Crippen LogP contribution in [0.2, 0.25) is 5.02 Å². The van der Waals surface area contributed by atoms with Gasteiger partial charge in [-0.2, -0.15) is 5.10 Å². The number of amides is 1. The number of benzene rings is 2. The molecular formula is C22H25ClN4O4S. The monoisotopic (exact) mass is 476 g/mol. The maximum Gasteiger partial charge on any atom is 0.238 e. The summed E-state index contributed by atoms with van der Waals surface area (Å²) in [7, 11) is -4.06. The van der Waals surface area contributed by atoms with E-state index in [4.69, 9.17) is 21.5 Å². The third-order valence-electron chi connectivity index (χ3n) is 4.60. The number of sulfonamides is 1. The summed E-state index contributed by atoms with van der Waals surface area (Å²) in [4.78, 5) is 12.3. The van der Waals surface area contributed by atoms with E-state index >= 15 is 0 Å². The minimum absolute atomic E-state index is 0.0529. The third-order valence-corrected chi connectivity index (χ3v) is 5.92. The Balaban J connectivity index is 1.80. The number of nitrogens with zero attached hydrogens (tertiary/aromatic N) is 2. The van der Waals surface area contributed by atoms with Gasteiger partial charge in [-0.1, -0.05) is 35.9 Å². The molecule has 8 nitrogen and oxygen atoms in total. The van der Waals surface area contributed by atoms with Crippen LogP contribution in [-0.2, 0) is 32.5 Å². The van der Waals surface area contributed by atoms with Gasteiger partial charge in [-0.05, 0) is 37.6 Å². The van der Waals surface area contributed by atoms with Crippen LogP contribution in [0.1, 0.15) is 19.4 Å². The number of primary sulfonamides is 1. The molecule has 0 saturated carbocycles. The topological polar surface area (TPSA) is 116 Å². The molecule has 1 aromatic heterocycles. The number of hydrogen-bond donors (Lipinski definition) is 2. The van der Waals surface area contributed by atoms with E-state index in [0.717, 1.165) is 0 Å². The number of anilines is 1. The first-order valence-corrected chi connectivity index (χ1v) is 11.9. The summed E-state index contributed by atoms with van der Waals surface area (Å²) in [5.74, 6) is -0.329. The van der Waals surface area contributed by atoms with Crippen LogP contribution in [0.4, 0.5) is 5.69 Å². The van der Waals surface area contributed by atoms with Crippen molar-refractivity contribution in [2.75, 3.05) is 11.9 Å². The van der Waals surface area contributed by atoms with Gasteiger partial charge in [0.05, 0.1) is 36.8 Å². The first-order valence-electron chi connectivity index (χ1n) is 9.98. The lowest BCUT2D eigenvalue weighted by Gasteiger charge is -2.11. The number of ether oxygens (including phenoxy) is 1. The lowest BCUT2D eigenvalue weighted by Crippen LogP contribution is -2.17. The van der Waals surface area contributed by atoms with Crippen molar-refractivity contribution in [1.82, 2.24) is 9.78 Å². The first-order chi connectivity index (χ1) is 15.1. The number of aromatic nitrogens is 2. The Morgan fingerprint density at radius 3 is 2.69 bits per heavy atom. The summed E-state index contributed by atoms with van der Waals surface area (Å²) in [6.45, 7) is 4.90. The van der Waals surface area contributed by atoms with Gasteiger partial charge < -0.3 is 10.1 Å². The van der Waals surface area contributed by atoms with Crippen LogP contribution in [0.5, 0.6) is 0 Å². The Bertz CT molecular complexity index is 1210. The van der Waals surface area contributed by atoms with Gasteiger partial charge in [0.15, 0.2) is 0 Å². The fourth-order valence-corrected chi connectivity index (χ4v) is 4.09. The zero-order valence-corrected chi connectivity index (χ0v) is 19.4. The lowest BCUT2D eigenvalue weighted by atomic mass is 10.1. The van der Waals surface area contributed by atoms with E-state index in [1.54, 1.807) is 53.5 Å². The summed E-state index contributed by atoms with van der Waals surface area (Å²) in [5.41, 5.74) is 1.97. The second-order valence-electron chi connectivity index (χ2n) is 7.48. The molecule has 0 spiro atoms. The van der Waals surface area contributed by atoms with Crippen LogP contribution in [0.15, 0.2) is 59.8 Å². The van der Waals surface area contributed by atoms with E-state index < -0.39 is 10.0 Å². The highest BCUT2D eigenvalue weighted by atomic mass is 35.5. The van der Waals surface area contributed by atoms with Gasteiger partial charge in [-0.15, -0.1) is 0 Å². The van der Waals surface area contributed by atoms with E-state index in [0.29, 0.717) is 40.6 Å². The van der Waals surface area contributed by atoms with Gasteiger partial charge in [-0.25, -0.2) is 13.6 Å². The van der Waals surface area contributed by atoms with Gasteiger partial charge in [0, 0.05) is 28.0 Å². The van der Waals surface area contributed by atoms with Crippen LogP contribution in [-0.4, -0.2) is 36.8 Å². The molecule has 0 bridgehead atoms. The fraction of sp³-hybridized carbons (Fsp3) is 0.273. The molecule has 32 heavy (non-hydrogen) atoms. The standard InChI is InChI=1S/C22H25ClN4O4S/c1-15(2)31-10-9-27-14-17(13-25-27)19-8-7-18(12-21(19)32(24,29)30)26-22(28)11-16-5-3-4-6-20(16)23/h3-8,12-15H,9-11H2,1-2H3,(H,26,28)(H2,24,29,30). The molecule has 3 aromatic rings. The van der Waals surface area contributed by atoms with Gasteiger partial charge in [0.1, 0.15) is 0 Å². The highest BCUT2D eigenvalue weighted by Gasteiger charge is 2.18. The summed E-state index contributed by atoms with van der Waals surface area (Å²) >= 11 is 6.10. The van der Waals surface area contributed by atoms with Crippen molar-refractivity contribution in [2.24, 2.45) is 5.14 Å². The van der Waals surface area contributed by atoms with Crippen LogP contribution >= 0.6 is 11.6 Å². The predicted molar refractivity (Wildman–Crippen MR) is 124 cm³/mol. The van der Waals surface area contributed by atoms with Crippen molar-refractivity contribution in [3.05, 3.63) is 65.4 Å². The largest absolute Gasteiger partial charge is 0.377 e. The second kappa shape index (κ2) is 10.3. The quantitative estimate of drug-likeness (QED) is 0.490. The molecule has 0 saturated heterocycles. The lowest BCUT2D eigenvalue weighted by molar-refractivity contribution is -0.115. The molecule has 10 heteroatoms. The van der Waals surface area contributed by atoms with Gasteiger partial charge in [-0.3, -0.25) is 9.48 Å². The Hall–Kier alpha value is -2.72. The zero-order chi connectivity index (χ0) is 23.3. The highest BCUT2D eigenvalue weighted by Crippen LogP contribution is 2.29. The molecule has 0 aliphatic heterocycles. The molecule has 0 aliphatic rings. The average Bonchev–Trinajstić information content (AvgIpc) is 3.17. The van der Waals surface area contributed by atoms with Gasteiger partial charge >= 0.3 is 0 Å². The van der Waals surface area contributed by atoms with Crippen LogP contribution in [0.25, 0.3) is 11.1 Å². The summed E-state index contributed by atoms with van der Waals surface area (Å²) in [6, 6.07) is 11.6. The molecule has 0 atom stereocenters. The molecule has 3 rings (SSSR count). The molecule has 0 fully saturated rings. The van der Waals surface area contributed by atoms with Crippen molar-refractivity contribution in [3.63, 3.8) is 0 Å². The predicted octanol–water partition coefficient (Wildman–Crippen LogP) is 3.46. The Kier molecular flexibility index (Phi) is 7.68. The summed E-state index contributed by atoms with van der Waals surface area (Å²) in [6.07, 6.45) is 3.45. The number of carbonyl (C=O) groups excluding carboxylic acids is 1. The number of carbonyl (C=O) groups is 1. The van der Waals surface area contributed by atoms with E-state index in [1.807, 2.05) is 13.8 Å². The van der Waals surface area contributed by atoms with Crippen LogP contribution < -0.4 is 10.5 Å². The minimum atomic E-state index is -4.06. The van der Waals surface area contributed by atoms with Gasteiger partial charge in [0.2, 0.25) is 15.9 Å². The fourth-order valence-electron chi connectivity index (χ4n) is 3.10. The van der Waals surface area contributed by atoms with Crippen molar-refractivity contribution >= 4 is 33.2 Å². The normalized spacial score (nSPS) is 11.7. The number of hydrogen-bond acceptors (Lipinski definition) is 5. The zero-order valence-electron chi connectivity index (χ0n) is 17.8. The third kappa shape index (κ3) is 6.39. The van der Waals surface area contributed by atoms with E-state index in [1.165, 1.54) is 6.07 Å². The average molecular weight is 477 g/mol. The van der Waals surface area contributed by atoms with Crippen molar-refractivity contribution in [2.45, 2.75) is 37.8 Å². The number of halogens is 1. The molecule has 1 amide bonds. The molecule has 0 aliphatic carbocycles. The molecule has 1 heterocycles. The molecular weight excluding hydrogens is 452 g/mol. The Morgan fingerprint density at radius 1 is 1.25 bits per heavy atom. The number of nitrogens with one attached hydrogen (secondary N) is 1. The first kappa shape index (κ1) is 23.9. The molecule has 0 unspecified atom stereocenters. The van der Waals surface area contributed by atoms with Crippen molar-refractivity contribution in [1.29, 1.82) is 0 Å². The number of nitrogens with two attached hydrogens (primary N) is 1. The second-order valence-corrected chi connectivity index (χ2v) is 9.42. The molecule has 3 N–H and O–H groups in total. The van der Waals surface area contributed by atoms with E-state index in [-0.39, 0.29) is 23.3 Å². The maximum atomic E-state index is 12.4. The maximum absolute atomic E-state index is 12.4. The summed E-state index contributed by atoms with van der Waals surface area (Å²) in [5, 5.41) is 12.9. The molecule has 2 aromatic carbocycles. The smallest absolute Gasteiger partial charge is 0.238 e. The highest BCUT2D eigenvalue weighted by molar-refractivity contribution is 7.89. The molecule has 170 valence electrons. The number of rotatable bonds is 9. The Morgan fingerprint density at radius 2 is 2.00 bits per heavy atom. The van der Waals surface area contributed by atoms with Gasteiger partial charge in [0.25, 0.3) is 0 Å². The van der Waals surface area contributed by atoms with Crippen molar-refractivity contribution < 1.29 is 17.9 Å². The summed E-state index contributed by atoms with van der Waals surface area (Å²) < 4.78 is 31.7. The van der Waals surface area contributed by atoms with Crippen LogP contribution in [0, 0.1) is 0 Å². The Labute approximate surface area is 192 Å². The SMILES string of the molecule is CC(C)OCCn1cc(-c2ccc(NC(=O)Cc3ccccc3Cl)cc2S(N)(=O)=O)cn1. The van der Waals surface area contributed by atoms with E-state index in [2.05, 4.69) is 10.4 Å². The van der Waals surface area contributed by atoms with Crippen molar-refractivity contribution in [3.8, 4) is 11.1 Å². The van der Waals surface area contributed by atoms with Crippen LogP contribution in [0.3, 0.4) is 0 Å².